The van der Waals surface area contributed by atoms with Gasteiger partial charge in [0.15, 0.2) is 0 Å². The van der Waals surface area contributed by atoms with Gasteiger partial charge in [-0.2, -0.15) is 0 Å². The molecule has 2 nitrogen and oxygen atoms in total. The highest BCUT2D eigenvalue weighted by Gasteiger charge is 1.97. The number of H-pyrrole nitrogens is 1. The van der Waals surface area contributed by atoms with Gasteiger partial charge in [0.2, 0.25) is 0 Å². The molecule has 1 aromatic carbocycles. The Bertz CT molecular complexity index is 390. The van der Waals surface area contributed by atoms with Crippen LogP contribution in [-0.2, 0) is 6.42 Å². The summed E-state index contributed by atoms with van der Waals surface area (Å²) in [4.78, 5) is 3.20. The molecular weight excluding hydrogens is 172 g/mol. The van der Waals surface area contributed by atoms with E-state index < -0.39 is 0 Å². The van der Waals surface area contributed by atoms with Crippen molar-refractivity contribution in [1.29, 1.82) is 0 Å². The Balaban J connectivity index is 2.17. The van der Waals surface area contributed by atoms with Crippen LogP contribution in [0.1, 0.15) is 11.3 Å². The van der Waals surface area contributed by atoms with Gasteiger partial charge in [0, 0.05) is 31.0 Å². The summed E-state index contributed by atoms with van der Waals surface area (Å²) in [5, 5.41) is 3.14. The number of aromatic amines is 1. The largest absolute Gasteiger partial charge is 0.388 e. The van der Waals surface area contributed by atoms with E-state index in [4.69, 9.17) is 0 Å². The van der Waals surface area contributed by atoms with E-state index in [9.17, 15) is 0 Å². The first kappa shape index (κ1) is 8.88. The average Bonchev–Trinajstić information content (AvgIpc) is 2.71. The fourth-order valence-electron chi connectivity index (χ4n) is 1.53. The molecule has 72 valence electrons. The van der Waals surface area contributed by atoms with Gasteiger partial charge in [0.05, 0.1) is 0 Å². The quantitative estimate of drug-likeness (QED) is 0.757. The van der Waals surface area contributed by atoms with Crippen molar-refractivity contribution in [2.75, 3.05) is 12.4 Å². The smallest absolute Gasteiger partial charge is 0.0340 e. The molecular formula is C12H14N2. The molecule has 0 aliphatic rings. The Morgan fingerprint density at radius 3 is 2.86 bits per heavy atom. The van der Waals surface area contributed by atoms with Crippen LogP contribution in [-0.4, -0.2) is 12.0 Å². The van der Waals surface area contributed by atoms with E-state index in [1.54, 1.807) is 0 Å². The van der Waals surface area contributed by atoms with E-state index in [2.05, 4.69) is 40.6 Å². The van der Waals surface area contributed by atoms with Crippen molar-refractivity contribution >= 4 is 5.69 Å². The highest BCUT2D eigenvalue weighted by Crippen LogP contribution is 2.12. The maximum absolute atomic E-state index is 3.20. The molecule has 2 heteroatoms. The Morgan fingerprint density at radius 1 is 1.21 bits per heavy atom. The summed E-state index contributed by atoms with van der Waals surface area (Å²) in [6.45, 7) is 0. The van der Waals surface area contributed by atoms with Gasteiger partial charge in [-0.25, -0.2) is 0 Å². The van der Waals surface area contributed by atoms with Crippen LogP contribution in [0.4, 0.5) is 5.69 Å². The molecule has 1 heterocycles. The predicted molar refractivity (Wildman–Crippen MR) is 59.6 cm³/mol. The van der Waals surface area contributed by atoms with Gasteiger partial charge in [0.25, 0.3) is 0 Å². The third-order valence-electron chi connectivity index (χ3n) is 2.27. The minimum Gasteiger partial charge on any atom is -0.388 e. The van der Waals surface area contributed by atoms with Crippen LogP contribution in [0.15, 0.2) is 42.6 Å². The lowest BCUT2D eigenvalue weighted by Gasteiger charge is -2.03. The zero-order valence-electron chi connectivity index (χ0n) is 8.25. The number of benzene rings is 1. The maximum Gasteiger partial charge on any atom is 0.0340 e. The first-order valence-electron chi connectivity index (χ1n) is 4.77. The van der Waals surface area contributed by atoms with Crippen LogP contribution in [0.3, 0.4) is 0 Å². The lowest BCUT2D eigenvalue weighted by Crippen LogP contribution is -1.91. The predicted octanol–water partition coefficient (Wildman–Crippen LogP) is 2.65. The molecule has 0 aliphatic carbocycles. The Morgan fingerprint density at radius 2 is 2.14 bits per heavy atom. The first-order chi connectivity index (χ1) is 6.88. The molecule has 14 heavy (non-hydrogen) atoms. The van der Waals surface area contributed by atoms with Crippen molar-refractivity contribution in [3.05, 3.63) is 53.9 Å². The highest BCUT2D eigenvalue weighted by molar-refractivity contribution is 5.45. The van der Waals surface area contributed by atoms with Crippen molar-refractivity contribution in [2.24, 2.45) is 0 Å². The van der Waals surface area contributed by atoms with E-state index in [1.807, 2.05) is 19.3 Å². The van der Waals surface area contributed by atoms with Crippen molar-refractivity contribution in [1.82, 2.24) is 4.98 Å². The van der Waals surface area contributed by atoms with E-state index >= 15 is 0 Å². The Labute approximate surface area is 84.0 Å². The van der Waals surface area contributed by atoms with E-state index in [0.29, 0.717) is 0 Å². The van der Waals surface area contributed by atoms with Crippen LogP contribution < -0.4 is 5.32 Å². The number of hydrogen-bond donors (Lipinski definition) is 2. The molecule has 2 rings (SSSR count). The normalized spacial score (nSPS) is 10.1. The van der Waals surface area contributed by atoms with Gasteiger partial charge in [-0.1, -0.05) is 12.1 Å². The second-order valence-corrected chi connectivity index (χ2v) is 3.32. The standard InChI is InChI=1S/C12H14N2/c1-13-11-5-2-4-10(8-11)9-12-6-3-7-14-12/h2-8,13-14H,9H2,1H3. The number of nitrogens with one attached hydrogen (secondary N) is 2. The molecule has 0 bridgehead atoms. The van der Waals surface area contributed by atoms with Crippen LogP contribution >= 0.6 is 0 Å². The first-order valence-corrected chi connectivity index (χ1v) is 4.77. The molecule has 0 fully saturated rings. The summed E-state index contributed by atoms with van der Waals surface area (Å²) in [5.41, 5.74) is 3.73. The molecule has 1 aromatic heterocycles. The van der Waals surface area contributed by atoms with Crippen molar-refractivity contribution in [3.8, 4) is 0 Å². The molecule has 2 N–H and O–H groups in total. The third kappa shape index (κ3) is 1.96. The van der Waals surface area contributed by atoms with Gasteiger partial charge < -0.3 is 10.3 Å². The summed E-state index contributed by atoms with van der Waals surface area (Å²) in [5.74, 6) is 0. The summed E-state index contributed by atoms with van der Waals surface area (Å²) in [6.07, 6.45) is 2.92. The van der Waals surface area contributed by atoms with Gasteiger partial charge in [-0.15, -0.1) is 0 Å². The number of rotatable bonds is 3. The minimum atomic E-state index is 0.961. The van der Waals surface area contributed by atoms with Crippen LogP contribution in [0.2, 0.25) is 0 Å². The summed E-state index contributed by atoms with van der Waals surface area (Å²) < 4.78 is 0. The minimum absolute atomic E-state index is 0.961. The lowest BCUT2D eigenvalue weighted by atomic mass is 10.1. The number of hydrogen-bond acceptors (Lipinski definition) is 1. The van der Waals surface area contributed by atoms with Crippen molar-refractivity contribution in [3.63, 3.8) is 0 Å². The number of anilines is 1. The Kier molecular flexibility index (Phi) is 2.54. The molecule has 2 aromatic rings. The van der Waals surface area contributed by atoms with E-state index in [-0.39, 0.29) is 0 Å². The molecule has 0 spiro atoms. The number of aromatic nitrogens is 1. The summed E-state index contributed by atoms with van der Waals surface area (Å²) in [6, 6.07) is 12.6. The zero-order valence-corrected chi connectivity index (χ0v) is 8.25. The molecule has 0 radical (unpaired) electrons. The summed E-state index contributed by atoms with van der Waals surface area (Å²) in [7, 11) is 1.94. The molecule has 0 aliphatic heterocycles. The fourth-order valence-corrected chi connectivity index (χ4v) is 1.53. The van der Waals surface area contributed by atoms with Gasteiger partial charge >= 0.3 is 0 Å². The van der Waals surface area contributed by atoms with Crippen LogP contribution in [0, 0.1) is 0 Å². The monoisotopic (exact) mass is 186 g/mol. The van der Waals surface area contributed by atoms with E-state index in [1.165, 1.54) is 11.3 Å². The second kappa shape index (κ2) is 4.01. The van der Waals surface area contributed by atoms with Gasteiger partial charge in [-0.05, 0) is 29.8 Å². The molecule has 0 amide bonds. The zero-order chi connectivity index (χ0) is 9.80. The van der Waals surface area contributed by atoms with Crippen LogP contribution in [0.25, 0.3) is 0 Å². The van der Waals surface area contributed by atoms with Gasteiger partial charge in [-0.3, -0.25) is 0 Å². The van der Waals surface area contributed by atoms with Crippen molar-refractivity contribution in [2.45, 2.75) is 6.42 Å². The van der Waals surface area contributed by atoms with Crippen LogP contribution in [0.5, 0.6) is 0 Å². The van der Waals surface area contributed by atoms with Crippen molar-refractivity contribution < 1.29 is 0 Å². The molecule has 0 unspecified atom stereocenters. The maximum atomic E-state index is 3.20. The van der Waals surface area contributed by atoms with E-state index in [0.717, 1.165) is 12.1 Å². The molecule has 0 saturated carbocycles. The van der Waals surface area contributed by atoms with Gasteiger partial charge in [0.1, 0.15) is 0 Å². The SMILES string of the molecule is CNc1cccc(Cc2ccc[nH]2)c1. The fraction of sp³-hybridized carbons (Fsp3) is 0.167. The topological polar surface area (TPSA) is 27.8 Å². The highest BCUT2D eigenvalue weighted by atomic mass is 14.8. The third-order valence-corrected chi connectivity index (χ3v) is 2.27. The average molecular weight is 186 g/mol. The summed E-state index contributed by atoms with van der Waals surface area (Å²) >= 11 is 0. The second-order valence-electron chi connectivity index (χ2n) is 3.32. The molecule has 0 saturated heterocycles. The lowest BCUT2D eigenvalue weighted by molar-refractivity contribution is 1.11. The molecule has 0 atom stereocenters. The Hall–Kier alpha value is -1.70.